The molecule has 0 aliphatic rings. The molecular formula is C18H24N2O. The summed E-state index contributed by atoms with van der Waals surface area (Å²) in [4.78, 5) is 4.10. The van der Waals surface area contributed by atoms with E-state index < -0.39 is 0 Å². The van der Waals surface area contributed by atoms with Crippen molar-refractivity contribution in [3.8, 4) is 5.75 Å². The molecule has 2 aromatic rings. The molecule has 0 fully saturated rings. The van der Waals surface area contributed by atoms with E-state index in [1.165, 1.54) is 16.7 Å². The molecule has 1 heterocycles. The van der Waals surface area contributed by atoms with Gasteiger partial charge in [0.2, 0.25) is 0 Å². The molecule has 21 heavy (non-hydrogen) atoms. The Kier molecular flexibility index (Phi) is 5.76. The highest BCUT2D eigenvalue weighted by atomic mass is 16.5. The van der Waals surface area contributed by atoms with Crippen LogP contribution in [0.3, 0.4) is 0 Å². The second-order valence-corrected chi connectivity index (χ2v) is 5.58. The number of pyridine rings is 1. The monoisotopic (exact) mass is 284 g/mol. The average Bonchev–Trinajstić information content (AvgIpc) is 2.48. The molecule has 1 aromatic heterocycles. The van der Waals surface area contributed by atoms with Crippen LogP contribution >= 0.6 is 0 Å². The summed E-state index contributed by atoms with van der Waals surface area (Å²) in [5.41, 5.74) is 3.70. The smallest absolute Gasteiger partial charge is 0.123 e. The molecule has 0 saturated heterocycles. The van der Waals surface area contributed by atoms with E-state index in [-0.39, 0.29) is 0 Å². The van der Waals surface area contributed by atoms with E-state index in [4.69, 9.17) is 4.74 Å². The van der Waals surface area contributed by atoms with Crippen molar-refractivity contribution >= 4 is 0 Å². The minimum atomic E-state index is 0.476. The fraction of sp³-hybridized carbons (Fsp3) is 0.389. The van der Waals surface area contributed by atoms with Crippen LogP contribution in [-0.2, 0) is 6.54 Å². The van der Waals surface area contributed by atoms with E-state index in [9.17, 15) is 0 Å². The van der Waals surface area contributed by atoms with E-state index in [1.807, 2.05) is 12.3 Å². The van der Waals surface area contributed by atoms with Crippen molar-refractivity contribution < 1.29 is 4.74 Å². The number of nitrogens with one attached hydrogen (secondary N) is 1. The molecule has 0 amide bonds. The maximum atomic E-state index is 5.94. The van der Waals surface area contributed by atoms with Gasteiger partial charge in [0.05, 0.1) is 0 Å². The van der Waals surface area contributed by atoms with Crippen molar-refractivity contribution in [2.75, 3.05) is 13.2 Å². The van der Waals surface area contributed by atoms with E-state index in [1.54, 1.807) is 6.20 Å². The van der Waals surface area contributed by atoms with Gasteiger partial charge in [0.25, 0.3) is 0 Å². The third kappa shape index (κ3) is 4.87. The number of benzene rings is 1. The first kappa shape index (κ1) is 15.5. The fourth-order valence-electron chi connectivity index (χ4n) is 2.21. The van der Waals surface area contributed by atoms with Gasteiger partial charge in [-0.15, -0.1) is 0 Å². The van der Waals surface area contributed by atoms with Gasteiger partial charge in [-0.25, -0.2) is 0 Å². The first-order valence-electron chi connectivity index (χ1n) is 7.50. The largest absolute Gasteiger partial charge is 0.492 e. The molecule has 1 aromatic carbocycles. The molecule has 0 spiro atoms. The first-order valence-corrected chi connectivity index (χ1v) is 7.50. The van der Waals surface area contributed by atoms with Crippen molar-refractivity contribution in [1.29, 1.82) is 0 Å². The standard InChI is InChI=1S/C18H24N2O/c1-14(2)17-7-6-15(3)11-18(17)21-10-9-20-13-16-5-4-8-19-12-16/h4-8,11-12,14,20H,9-10,13H2,1-3H3. The van der Waals surface area contributed by atoms with Gasteiger partial charge in [0.1, 0.15) is 12.4 Å². The highest BCUT2D eigenvalue weighted by molar-refractivity contribution is 5.39. The maximum Gasteiger partial charge on any atom is 0.123 e. The van der Waals surface area contributed by atoms with E-state index in [0.29, 0.717) is 12.5 Å². The Morgan fingerprint density at radius 1 is 1.24 bits per heavy atom. The third-order valence-electron chi connectivity index (χ3n) is 3.38. The lowest BCUT2D eigenvalue weighted by Gasteiger charge is -2.15. The highest BCUT2D eigenvalue weighted by Crippen LogP contribution is 2.27. The summed E-state index contributed by atoms with van der Waals surface area (Å²) < 4.78 is 5.94. The normalized spacial score (nSPS) is 10.9. The summed E-state index contributed by atoms with van der Waals surface area (Å²) in [5.74, 6) is 1.48. The zero-order chi connectivity index (χ0) is 15.1. The molecule has 0 bridgehead atoms. The lowest BCUT2D eigenvalue weighted by molar-refractivity contribution is 0.309. The summed E-state index contributed by atoms with van der Waals surface area (Å²) in [6.07, 6.45) is 3.67. The van der Waals surface area contributed by atoms with Crippen molar-refractivity contribution in [1.82, 2.24) is 10.3 Å². The summed E-state index contributed by atoms with van der Waals surface area (Å²) in [6, 6.07) is 10.4. The van der Waals surface area contributed by atoms with Crippen LogP contribution in [0.4, 0.5) is 0 Å². The van der Waals surface area contributed by atoms with Gasteiger partial charge in [-0.2, -0.15) is 0 Å². The Morgan fingerprint density at radius 3 is 2.81 bits per heavy atom. The molecule has 3 nitrogen and oxygen atoms in total. The number of aryl methyl sites for hydroxylation is 1. The van der Waals surface area contributed by atoms with E-state index >= 15 is 0 Å². The van der Waals surface area contributed by atoms with Gasteiger partial charge >= 0.3 is 0 Å². The predicted octanol–water partition coefficient (Wildman–Crippen LogP) is 3.68. The van der Waals surface area contributed by atoms with Gasteiger partial charge in [-0.05, 0) is 41.7 Å². The van der Waals surface area contributed by atoms with Gasteiger partial charge in [-0.1, -0.05) is 32.0 Å². The topological polar surface area (TPSA) is 34.1 Å². The van der Waals surface area contributed by atoms with Gasteiger partial charge in [0.15, 0.2) is 0 Å². The van der Waals surface area contributed by atoms with Gasteiger partial charge in [0, 0.05) is 25.5 Å². The maximum absolute atomic E-state index is 5.94. The molecule has 1 N–H and O–H groups in total. The van der Waals surface area contributed by atoms with Crippen LogP contribution in [-0.4, -0.2) is 18.1 Å². The molecule has 0 radical (unpaired) electrons. The summed E-state index contributed by atoms with van der Waals surface area (Å²) in [5, 5.41) is 3.37. The minimum Gasteiger partial charge on any atom is -0.492 e. The van der Waals surface area contributed by atoms with Crippen LogP contribution < -0.4 is 10.1 Å². The first-order chi connectivity index (χ1) is 10.2. The molecule has 3 heteroatoms. The molecule has 0 unspecified atom stereocenters. The van der Waals surface area contributed by atoms with Crippen LogP contribution in [0.25, 0.3) is 0 Å². The average molecular weight is 284 g/mol. The molecule has 2 rings (SSSR count). The Bertz CT molecular complexity index is 552. The van der Waals surface area contributed by atoms with Crippen molar-refractivity contribution in [2.24, 2.45) is 0 Å². The number of nitrogens with zero attached hydrogens (tertiary/aromatic N) is 1. The van der Waals surface area contributed by atoms with Crippen molar-refractivity contribution in [3.63, 3.8) is 0 Å². The van der Waals surface area contributed by atoms with Crippen LogP contribution in [0.15, 0.2) is 42.7 Å². The van der Waals surface area contributed by atoms with Crippen molar-refractivity contribution in [3.05, 3.63) is 59.4 Å². The van der Waals surface area contributed by atoms with E-state index in [0.717, 1.165) is 18.8 Å². The Morgan fingerprint density at radius 2 is 2.10 bits per heavy atom. The van der Waals surface area contributed by atoms with E-state index in [2.05, 4.69) is 55.3 Å². The summed E-state index contributed by atoms with van der Waals surface area (Å²) in [7, 11) is 0. The quantitative estimate of drug-likeness (QED) is 0.788. The van der Waals surface area contributed by atoms with Gasteiger partial charge < -0.3 is 10.1 Å². The second kappa shape index (κ2) is 7.79. The molecular weight excluding hydrogens is 260 g/mol. The Hall–Kier alpha value is -1.87. The van der Waals surface area contributed by atoms with Crippen LogP contribution in [0.2, 0.25) is 0 Å². The summed E-state index contributed by atoms with van der Waals surface area (Å²) >= 11 is 0. The predicted molar refractivity (Wildman–Crippen MR) is 86.7 cm³/mol. The molecule has 0 aliphatic carbocycles. The zero-order valence-electron chi connectivity index (χ0n) is 13.1. The lowest BCUT2D eigenvalue weighted by Crippen LogP contribution is -2.21. The summed E-state index contributed by atoms with van der Waals surface area (Å²) in [6.45, 7) is 8.79. The van der Waals surface area contributed by atoms with Crippen molar-refractivity contribution in [2.45, 2.75) is 33.2 Å². The van der Waals surface area contributed by atoms with Crippen LogP contribution in [0, 0.1) is 6.92 Å². The molecule has 0 atom stereocenters. The Balaban J connectivity index is 1.79. The number of aromatic nitrogens is 1. The molecule has 112 valence electrons. The Labute approximate surface area is 127 Å². The lowest BCUT2D eigenvalue weighted by atomic mass is 10.0. The molecule has 0 saturated carbocycles. The minimum absolute atomic E-state index is 0.476. The fourth-order valence-corrected chi connectivity index (χ4v) is 2.21. The SMILES string of the molecule is Cc1ccc(C(C)C)c(OCCNCc2cccnc2)c1. The third-order valence-corrected chi connectivity index (χ3v) is 3.38. The zero-order valence-corrected chi connectivity index (χ0v) is 13.1. The molecule has 0 aliphatic heterocycles. The van der Waals surface area contributed by atoms with Gasteiger partial charge in [-0.3, -0.25) is 4.98 Å². The number of rotatable bonds is 7. The second-order valence-electron chi connectivity index (χ2n) is 5.58. The highest BCUT2D eigenvalue weighted by Gasteiger charge is 2.07. The number of hydrogen-bond acceptors (Lipinski definition) is 3. The number of hydrogen-bond donors (Lipinski definition) is 1. The van der Waals surface area contributed by atoms with Crippen LogP contribution in [0.5, 0.6) is 5.75 Å². The number of ether oxygens (including phenoxy) is 1. The van der Waals surface area contributed by atoms with Crippen LogP contribution in [0.1, 0.15) is 36.5 Å².